The second-order valence-corrected chi connectivity index (χ2v) is 7.00. The molecule has 0 saturated heterocycles. The van der Waals surface area contributed by atoms with E-state index in [9.17, 15) is 22.8 Å². The fraction of sp³-hybridized carbons (Fsp3) is 0.421. The summed E-state index contributed by atoms with van der Waals surface area (Å²) in [6.07, 6.45) is -2.38. The molecular weight excluding hydrogens is 375 g/mol. The molecule has 0 spiro atoms. The monoisotopic (exact) mass is 395 g/mol. The third kappa shape index (κ3) is 4.18. The van der Waals surface area contributed by atoms with Gasteiger partial charge in [-0.05, 0) is 44.4 Å². The molecule has 1 fully saturated rings. The average molecular weight is 395 g/mol. The Morgan fingerprint density at radius 2 is 2.04 bits per heavy atom. The number of aromatic nitrogens is 2. The minimum atomic E-state index is -4.28. The number of amides is 1. The van der Waals surface area contributed by atoms with Crippen molar-refractivity contribution in [2.24, 2.45) is 11.8 Å². The van der Waals surface area contributed by atoms with Gasteiger partial charge in [0, 0.05) is 11.6 Å². The number of hydrogen-bond acceptors (Lipinski definition) is 3. The molecule has 6 nitrogen and oxygen atoms in total. The lowest BCUT2D eigenvalue weighted by Gasteiger charge is -2.29. The molecule has 0 aliphatic heterocycles. The molecule has 0 radical (unpaired) electrons. The fourth-order valence-electron chi connectivity index (χ4n) is 3.56. The van der Waals surface area contributed by atoms with Crippen LogP contribution in [0.1, 0.15) is 41.7 Å². The molecule has 1 amide bonds. The molecular formula is C19H20F3N3O3. The molecule has 1 aromatic carbocycles. The van der Waals surface area contributed by atoms with Gasteiger partial charge in [0.2, 0.25) is 5.91 Å². The van der Waals surface area contributed by atoms with Gasteiger partial charge in [-0.15, -0.1) is 0 Å². The highest BCUT2D eigenvalue weighted by Crippen LogP contribution is 2.40. The van der Waals surface area contributed by atoms with Gasteiger partial charge in [-0.1, -0.05) is 12.5 Å². The molecule has 1 aromatic heterocycles. The van der Waals surface area contributed by atoms with Crippen LogP contribution in [-0.2, 0) is 4.79 Å². The normalized spacial score (nSPS) is 20.0. The van der Waals surface area contributed by atoms with E-state index in [-0.39, 0.29) is 18.4 Å². The second kappa shape index (κ2) is 7.65. The molecule has 1 saturated carbocycles. The Morgan fingerprint density at radius 3 is 2.68 bits per heavy atom. The zero-order valence-corrected chi connectivity index (χ0v) is 15.2. The standard InChI is InChI=1S/C19H20F3N3O3/c1-11-16(18(27)28)10-23-25(11)15-7-3-6-14(9-15)24-17(26)12-4-2-5-13(8-12)19(20,21)22/h3,6-7,9-10,12-13H,2,4-5,8H2,1H3,(H,24,26)(H,27,28). The van der Waals surface area contributed by atoms with Crippen LogP contribution in [0.3, 0.4) is 0 Å². The van der Waals surface area contributed by atoms with Crippen LogP contribution < -0.4 is 5.32 Å². The Bertz CT molecular complexity index is 892. The van der Waals surface area contributed by atoms with Crippen LogP contribution in [0.4, 0.5) is 18.9 Å². The number of halogens is 3. The number of carboxylic acids is 1. The van der Waals surface area contributed by atoms with Crippen molar-refractivity contribution in [2.45, 2.75) is 38.8 Å². The van der Waals surface area contributed by atoms with Crippen molar-refractivity contribution in [1.82, 2.24) is 9.78 Å². The molecule has 1 aliphatic rings. The van der Waals surface area contributed by atoms with Crippen molar-refractivity contribution >= 4 is 17.6 Å². The SMILES string of the molecule is Cc1c(C(=O)O)cnn1-c1cccc(NC(=O)C2CCCC(C(F)(F)F)C2)c1. The number of carbonyl (C=O) groups is 2. The van der Waals surface area contributed by atoms with Crippen LogP contribution in [0.15, 0.2) is 30.5 Å². The summed E-state index contributed by atoms with van der Waals surface area (Å²) in [5.41, 5.74) is 1.45. The number of rotatable bonds is 4. The molecule has 3 rings (SSSR count). The van der Waals surface area contributed by atoms with Gasteiger partial charge in [0.25, 0.3) is 0 Å². The molecule has 2 N–H and O–H groups in total. The summed E-state index contributed by atoms with van der Waals surface area (Å²) in [6.45, 7) is 1.61. The lowest BCUT2D eigenvalue weighted by atomic mass is 9.80. The van der Waals surface area contributed by atoms with Crippen LogP contribution in [0, 0.1) is 18.8 Å². The van der Waals surface area contributed by atoms with Crippen molar-refractivity contribution in [2.75, 3.05) is 5.32 Å². The van der Waals surface area contributed by atoms with Gasteiger partial charge in [0.15, 0.2) is 0 Å². The fourth-order valence-corrected chi connectivity index (χ4v) is 3.56. The summed E-state index contributed by atoms with van der Waals surface area (Å²) < 4.78 is 40.3. The highest BCUT2D eigenvalue weighted by atomic mass is 19.4. The van der Waals surface area contributed by atoms with Crippen molar-refractivity contribution < 1.29 is 27.9 Å². The molecule has 28 heavy (non-hydrogen) atoms. The van der Waals surface area contributed by atoms with E-state index < -0.39 is 29.9 Å². The van der Waals surface area contributed by atoms with E-state index in [1.54, 1.807) is 31.2 Å². The van der Waals surface area contributed by atoms with E-state index >= 15 is 0 Å². The summed E-state index contributed by atoms with van der Waals surface area (Å²) in [5, 5.41) is 15.9. The number of carbonyl (C=O) groups excluding carboxylic acids is 1. The summed E-state index contributed by atoms with van der Waals surface area (Å²) in [4.78, 5) is 23.6. The number of hydrogen-bond donors (Lipinski definition) is 2. The van der Waals surface area contributed by atoms with Gasteiger partial charge in [-0.2, -0.15) is 18.3 Å². The molecule has 2 atom stereocenters. The summed E-state index contributed by atoms with van der Waals surface area (Å²) in [5.74, 6) is -3.65. The van der Waals surface area contributed by atoms with E-state index in [0.717, 1.165) is 0 Å². The lowest BCUT2D eigenvalue weighted by molar-refractivity contribution is -0.185. The first-order valence-corrected chi connectivity index (χ1v) is 8.92. The Labute approximate surface area is 159 Å². The first-order chi connectivity index (χ1) is 13.2. The van der Waals surface area contributed by atoms with Crippen molar-refractivity contribution in [3.8, 4) is 5.69 Å². The van der Waals surface area contributed by atoms with Crippen LogP contribution in [0.5, 0.6) is 0 Å². The predicted molar refractivity (Wildman–Crippen MR) is 95.4 cm³/mol. The number of aromatic carboxylic acids is 1. The van der Waals surface area contributed by atoms with E-state index in [4.69, 9.17) is 5.11 Å². The largest absolute Gasteiger partial charge is 0.478 e. The second-order valence-electron chi connectivity index (χ2n) is 7.00. The number of alkyl halides is 3. The number of nitrogens with one attached hydrogen (secondary N) is 1. The smallest absolute Gasteiger partial charge is 0.391 e. The summed E-state index contributed by atoms with van der Waals surface area (Å²) in [6, 6.07) is 6.59. The van der Waals surface area contributed by atoms with Crippen LogP contribution in [0.2, 0.25) is 0 Å². The first-order valence-electron chi connectivity index (χ1n) is 8.92. The van der Waals surface area contributed by atoms with Crippen molar-refractivity contribution in [3.63, 3.8) is 0 Å². The zero-order valence-electron chi connectivity index (χ0n) is 15.2. The van der Waals surface area contributed by atoms with Gasteiger partial charge in [-0.3, -0.25) is 4.79 Å². The van der Waals surface area contributed by atoms with E-state index in [1.807, 2.05) is 0 Å². The maximum atomic E-state index is 13.0. The number of benzene rings is 1. The Kier molecular flexibility index (Phi) is 5.44. The predicted octanol–water partition coefficient (Wildman–Crippen LogP) is 4.19. The molecule has 2 aromatic rings. The minimum absolute atomic E-state index is 0.0627. The number of nitrogens with zero attached hydrogens (tertiary/aromatic N) is 2. The lowest BCUT2D eigenvalue weighted by Crippen LogP contribution is -2.34. The zero-order chi connectivity index (χ0) is 20.5. The van der Waals surface area contributed by atoms with E-state index in [2.05, 4.69) is 10.4 Å². The molecule has 2 unspecified atom stereocenters. The first kappa shape index (κ1) is 19.9. The molecule has 1 aliphatic carbocycles. The number of anilines is 1. The quantitative estimate of drug-likeness (QED) is 0.813. The van der Waals surface area contributed by atoms with Gasteiger partial charge in [0.1, 0.15) is 5.56 Å². The van der Waals surface area contributed by atoms with Gasteiger partial charge in [0.05, 0.1) is 23.5 Å². The Balaban J connectivity index is 1.74. The van der Waals surface area contributed by atoms with E-state index in [0.29, 0.717) is 29.9 Å². The van der Waals surface area contributed by atoms with Crippen molar-refractivity contribution in [3.05, 3.63) is 41.7 Å². The maximum Gasteiger partial charge on any atom is 0.391 e. The Morgan fingerprint density at radius 1 is 1.29 bits per heavy atom. The van der Waals surface area contributed by atoms with Crippen molar-refractivity contribution in [1.29, 1.82) is 0 Å². The molecule has 0 bridgehead atoms. The third-order valence-electron chi connectivity index (χ3n) is 5.11. The highest BCUT2D eigenvalue weighted by Gasteiger charge is 2.43. The molecule has 150 valence electrons. The minimum Gasteiger partial charge on any atom is -0.478 e. The van der Waals surface area contributed by atoms with Gasteiger partial charge >= 0.3 is 12.1 Å². The highest BCUT2D eigenvalue weighted by molar-refractivity contribution is 5.93. The van der Waals surface area contributed by atoms with Gasteiger partial charge < -0.3 is 10.4 Å². The summed E-state index contributed by atoms with van der Waals surface area (Å²) >= 11 is 0. The third-order valence-corrected chi connectivity index (χ3v) is 5.11. The maximum absolute atomic E-state index is 13.0. The topological polar surface area (TPSA) is 84.2 Å². The number of carboxylic acid groups (broad SMARTS) is 1. The average Bonchev–Trinajstić information content (AvgIpc) is 3.03. The van der Waals surface area contributed by atoms with Crippen LogP contribution in [0.25, 0.3) is 5.69 Å². The molecule has 1 heterocycles. The van der Waals surface area contributed by atoms with Crippen LogP contribution >= 0.6 is 0 Å². The molecule has 9 heteroatoms. The Hall–Kier alpha value is -2.84. The van der Waals surface area contributed by atoms with Crippen LogP contribution in [-0.4, -0.2) is 32.9 Å². The van der Waals surface area contributed by atoms with E-state index in [1.165, 1.54) is 10.9 Å². The van der Waals surface area contributed by atoms with Gasteiger partial charge in [-0.25, -0.2) is 9.48 Å². The summed E-state index contributed by atoms with van der Waals surface area (Å²) in [7, 11) is 0.